The molecule has 0 aliphatic carbocycles. The first-order valence-electron chi connectivity index (χ1n) is 12.5. The minimum atomic E-state index is -0.459. The van der Waals surface area contributed by atoms with Gasteiger partial charge in [-0.3, -0.25) is 10.2 Å². The highest BCUT2D eigenvalue weighted by Gasteiger charge is 2.36. The van der Waals surface area contributed by atoms with Gasteiger partial charge in [0, 0.05) is 22.7 Å². The van der Waals surface area contributed by atoms with Crippen LogP contribution in [-0.4, -0.2) is 44.7 Å². The van der Waals surface area contributed by atoms with Crippen LogP contribution in [0.15, 0.2) is 101 Å². The molecule has 1 aromatic heterocycles. The van der Waals surface area contributed by atoms with Crippen LogP contribution in [0.25, 0.3) is 17.0 Å². The lowest BCUT2D eigenvalue weighted by molar-refractivity contribution is -0.114. The van der Waals surface area contributed by atoms with E-state index in [1.807, 2.05) is 92.0 Å². The van der Waals surface area contributed by atoms with Gasteiger partial charge in [-0.05, 0) is 54.6 Å². The van der Waals surface area contributed by atoms with Gasteiger partial charge in [0.05, 0.1) is 12.1 Å². The number of ether oxygens (including phenoxy) is 2. The van der Waals surface area contributed by atoms with E-state index < -0.39 is 5.91 Å². The van der Waals surface area contributed by atoms with Gasteiger partial charge >= 0.3 is 0 Å². The molecule has 0 bridgehead atoms. The molecule has 2 aliphatic heterocycles. The Morgan fingerprint density at radius 2 is 1.74 bits per heavy atom. The van der Waals surface area contributed by atoms with E-state index in [1.165, 1.54) is 16.8 Å². The van der Waals surface area contributed by atoms with E-state index in [2.05, 4.69) is 14.7 Å². The van der Waals surface area contributed by atoms with Gasteiger partial charge in [-0.15, -0.1) is 0 Å². The minimum absolute atomic E-state index is 0.00747. The van der Waals surface area contributed by atoms with Crippen molar-refractivity contribution < 1.29 is 14.3 Å². The molecule has 4 aromatic rings. The number of aliphatic imine (C=N–C) groups is 1. The summed E-state index contributed by atoms with van der Waals surface area (Å²) >= 11 is 1.24. The predicted molar refractivity (Wildman–Crippen MR) is 156 cm³/mol. The second-order valence-electron chi connectivity index (χ2n) is 9.02. The predicted octanol–water partition coefficient (Wildman–Crippen LogP) is 5.73. The summed E-state index contributed by atoms with van der Waals surface area (Å²) < 4.78 is 13.9. The normalized spacial score (nSPS) is 15.9. The zero-order valence-electron chi connectivity index (χ0n) is 21.2. The Labute approximate surface area is 229 Å². The van der Waals surface area contributed by atoms with E-state index >= 15 is 0 Å². The van der Waals surface area contributed by atoms with Crippen LogP contribution in [0.4, 0.5) is 0 Å². The summed E-state index contributed by atoms with van der Waals surface area (Å²) in [6.07, 6.45) is 3.71. The highest BCUT2D eigenvalue weighted by Crippen LogP contribution is 2.30. The molecule has 2 aliphatic rings. The SMILES string of the molecule is Cc1ccccc1OCCn1cc(/C=C2/C(=N)N3N=C(COc4ccccc4)SC3=NC2=O)c2ccccc21. The number of hydrogen-bond acceptors (Lipinski definition) is 6. The summed E-state index contributed by atoms with van der Waals surface area (Å²) in [5.41, 5.74) is 3.13. The number of amides is 1. The van der Waals surface area contributed by atoms with Crippen LogP contribution in [0, 0.1) is 12.3 Å². The Morgan fingerprint density at radius 1 is 0.974 bits per heavy atom. The molecule has 0 radical (unpaired) electrons. The molecular weight excluding hydrogens is 510 g/mol. The quantitative estimate of drug-likeness (QED) is 0.291. The number of rotatable bonds is 8. The van der Waals surface area contributed by atoms with Crippen molar-refractivity contribution in [3.05, 3.63) is 102 Å². The number of nitrogens with one attached hydrogen (secondary N) is 1. The average molecular weight is 536 g/mol. The number of para-hydroxylation sites is 3. The molecule has 6 rings (SSSR count). The number of aryl methyl sites for hydroxylation is 1. The average Bonchev–Trinajstić information content (AvgIpc) is 3.53. The number of carbonyl (C=O) groups excluding carboxylic acids is 1. The van der Waals surface area contributed by atoms with Crippen LogP contribution < -0.4 is 9.47 Å². The van der Waals surface area contributed by atoms with E-state index in [0.29, 0.717) is 23.4 Å². The second kappa shape index (κ2) is 10.6. The van der Waals surface area contributed by atoms with Crippen LogP contribution in [0.3, 0.4) is 0 Å². The summed E-state index contributed by atoms with van der Waals surface area (Å²) in [4.78, 5) is 17.2. The molecule has 0 fully saturated rings. The van der Waals surface area contributed by atoms with Crippen molar-refractivity contribution >= 4 is 50.7 Å². The number of benzene rings is 3. The van der Waals surface area contributed by atoms with Crippen molar-refractivity contribution in [2.75, 3.05) is 13.2 Å². The maximum absolute atomic E-state index is 13.0. The van der Waals surface area contributed by atoms with Crippen molar-refractivity contribution in [2.45, 2.75) is 13.5 Å². The first-order valence-corrected chi connectivity index (χ1v) is 13.3. The first-order chi connectivity index (χ1) is 19.1. The van der Waals surface area contributed by atoms with E-state index in [4.69, 9.17) is 14.9 Å². The molecule has 9 heteroatoms. The largest absolute Gasteiger partial charge is 0.491 e. The van der Waals surface area contributed by atoms with Crippen LogP contribution in [0.2, 0.25) is 0 Å². The zero-order chi connectivity index (χ0) is 26.8. The highest BCUT2D eigenvalue weighted by atomic mass is 32.2. The molecule has 1 amide bonds. The highest BCUT2D eigenvalue weighted by molar-refractivity contribution is 8.27. The van der Waals surface area contributed by atoms with Crippen LogP contribution in [0.1, 0.15) is 11.1 Å². The fourth-order valence-electron chi connectivity index (χ4n) is 4.45. The van der Waals surface area contributed by atoms with Gasteiger partial charge in [-0.2, -0.15) is 15.1 Å². The monoisotopic (exact) mass is 535 g/mol. The maximum atomic E-state index is 13.0. The topological polar surface area (TPSA) is 92.3 Å². The van der Waals surface area contributed by atoms with Gasteiger partial charge in [-0.25, -0.2) is 0 Å². The van der Waals surface area contributed by atoms with E-state index in [0.717, 1.165) is 33.5 Å². The molecule has 0 saturated heterocycles. The smallest absolute Gasteiger partial charge is 0.283 e. The Morgan fingerprint density at radius 3 is 2.59 bits per heavy atom. The van der Waals surface area contributed by atoms with E-state index in [9.17, 15) is 4.79 Å². The van der Waals surface area contributed by atoms with E-state index in [1.54, 1.807) is 6.08 Å². The fourth-order valence-corrected chi connectivity index (χ4v) is 5.25. The number of fused-ring (bicyclic) bond motifs is 2. The maximum Gasteiger partial charge on any atom is 0.283 e. The first kappa shape index (κ1) is 24.7. The number of hydrogen-bond donors (Lipinski definition) is 1. The van der Waals surface area contributed by atoms with Gasteiger partial charge < -0.3 is 14.0 Å². The van der Waals surface area contributed by atoms with Gasteiger partial charge in [0.25, 0.3) is 5.91 Å². The van der Waals surface area contributed by atoms with Gasteiger partial charge in [-0.1, -0.05) is 54.6 Å². The van der Waals surface area contributed by atoms with Crippen molar-refractivity contribution in [3.63, 3.8) is 0 Å². The zero-order valence-corrected chi connectivity index (χ0v) is 22.0. The molecule has 0 saturated carbocycles. The number of nitrogens with zero attached hydrogens (tertiary/aromatic N) is 4. The molecule has 39 heavy (non-hydrogen) atoms. The Bertz CT molecular complexity index is 1670. The summed E-state index contributed by atoms with van der Waals surface area (Å²) in [6, 6.07) is 25.4. The number of amidine groups is 2. The van der Waals surface area contributed by atoms with Crippen molar-refractivity contribution in [1.82, 2.24) is 9.58 Å². The van der Waals surface area contributed by atoms with Crippen molar-refractivity contribution in [3.8, 4) is 11.5 Å². The van der Waals surface area contributed by atoms with E-state index in [-0.39, 0.29) is 18.0 Å². The lowest BCUT2D eigenvalue weighted by Crippen LogP contribution is -2.35. The lowest BCUT2D eigenvalue weighted by Gasteiger charge is -2.20. The molecule has 1 N–H and O–H groups in total. The van der Waals surface area contributed by atoms with Gasteiger partial charge in [0.15, 0.2) is 5.84 Å². The number of thioether (sulfide) groups is 1. The Hall–Kier alpha value is -4.63. The van der Waals surface area contributed by atoms with Gasteiger partial charge in [0.1, 0.15) is 29.8 Å². The molecular formula is C30H25N5O3S. The number of aromatic nitrogens is 1. The minimum Gasteiger partial charge on any atom is -0.491 e. The molecule has 0 atom stereocenters. The van der Waals surface area contributed by atoms with Crippen LogP contribution >= 0.6 is 11.8 Å². The third kappa shape index (κ3) is 5.08. The standard InChI is InChI=1S/C30H25N5O3S/c1-20-9-5-8-14-26(20)37-16-15-34-18-21(23-12-6-7-13-25(23)34)17-24-28(31)35-30(32-29(24)36)39-27(33-35)19-38-22-10-3-2-4-11-22/h2-14,17-18,31H,15-16,19H2,1H3/b24-17-,31-28?. The molecule has 8 nitrogen and oxygen atoms in total. The Kier molecular flexibility index (Phi) is 6.73. The Balaban J connectivity index is 1.22. The third-order valence-electron chi connectivity index (χ3n) is 6.40. The number of hydrazone groups is 1. The molecule has 194 valence electrons. The summed E-state index contributed by atoms with van der Waals surface area (Å²) in [5, 5.41) is 16.6. The summed E-state index contributed by atoms with van der Waals surface area (Å²) in [7, 11) is 0. The third-order valence-corrected chi connectivity index (χ3v) is 7.29. The lowest BCUT2D eigenvalue weighted by atomic mass is 10.1. The van der Waals surface area contributed by atoms with Crippen LogP contribution in [0.5, 0.6) is 11.5 Å². The second-order valence-corrected chi connectivity index (χ2v) is 10.1. The molecule has 3 heterocycles. The summed E-state index contributed by atoms with van der Waals surface area (Å²) in [6.45, 7) is 3.37. The van der Waals surface area contributed by atoms with Crippen molar-refractivity contribution in [1.29, 1.82) is 5.41 Å². The van der Waals surface area contributed by atoms with Crippen molar-refractivity contribution in [2.24, 2.45) is 10.1 Å². The summed E-state index contributed by atoms with van der Waals surface area (Å²) in [5.74, 6) is 1.12. The molecule has 0 unspecified atom stereocenters. The fraction of sp³-hybridized carbons (Fsp3) is 0.133. The number of carbonyl (C=O) groups is 1. The van der Waals surface area contributed by atoms with Gasteiger partial charge in [0.2, 0.25) is 5.17 Å². The molecule has 0 spiro atoms. The molecule has 3 aromatic carbocycles. The van der Waals surface area contributed by atoms with Crippen LogP contribution in [-0.2, 0) is 11.3 Å².